The maximum atomic E-state index is 15.0. The van der Waals surface area contributed by atoms with Crippen molar-refractivity contribution in [3.63, 3.8) is 0 Å². The van der Waals surface area contributed by atoms with Gasteiger partial charge in [0.1, 0.15) is 34.9 Å². The number of halogens is 5. The van der Waals surface area contributed by atoms with Crippen LogP contribution in [0, 0.1) is 23.3 Å². The van der Waals surface area contributed by atoms with Crippen LogP contribution in [0.25, 0.3) is 11.1 Å². The van der Waals surface area contributed by atoms with Gasteiger partial charge in [-0.05, 0) is 42.0 Å². The predicted octanol–water partition coefficient (Wildman–Crippen LogP) is 5.35. The molecule has 6 nitrogen and oxygen atoms in total. The standard InChI is InChI=1S/C24H15ClF4N2O4/c25-21-22(35-11-13-3-4-14(26)8-16(13)27)15(10-31-24(21)33)20-17(28)6-12(7-18(20)29)9-30-23(32)19-2-1-5-34-19/h1-8,10H,9,11H2,(H,30,32)(H,31,33). The molecule has 4 aromatic rings. The fourth-order valence-electron chi connectivity index (χ4n) is 3.27. The van der Waals surface area contributed by atoms with Crippen molar-refractivity contribution < 1.29 is 31.5 Å². The van der Waals surface area contributed by atoms with E-state index in [1.165, 1.54) is 18.4 Å². The van der Waals surface area contributed by atoms with E-state index in [1.807, 2.05) is 0 Å². The normalized spacial score (nSPS) is 10.9. The molecular weight excluding hydrogens is 492 g/mol. The second-order valence-electron chi connectivity index (χ2n) is 7.29. The second kappa shape index (κ2) is 10.1. The Kier molecular flexibility index (Phi) is 6.92. The fourth-order valence-corrected chi connectivity index (χ4v) is 3.48. The van der Waals surface area contributed by atoms with Gasteiger partial charge in [-0.2, -0.15) is 0 Å². The summed E-state index contributed by atoms with van der Waals surface area (Å²) in [5.74, 6) is -4.71. The van der Waals surface area contributed by atoms with Gasteiger partial charge in [-0.25, -0.2) is 17.6 Å². The molecule has 0 unspecified atom stereocenters. The number of rotatable bonds is 7. The molecule has 0 aliphatic heterocycles. The van der Waals surface area contributed by atoms with Crippen LogP contribution in [0.4, 0.5) is 17.6 Å². The zero-order valence-electron chi connectivity index (χ0n) is 17.6. The topological polar surface area (TPSA) is 84.3 Å². The quantitative estimate of drug-likeness (QED) is 0.331. The molecule has 4 rings (SSSR count). The largest absolute Gasteiger partial charge is 0.486 e. The van der Waals surface area contributed by atoms with Crippen LogP contribution in [-0.2, 0) is 13.2 Å². The number of benzene rings is 2. The van der Waals surface area contributed by atoms with Crippen LogP contribution >= 0.6 is 11.6 Å². The first kappa shape index (κ1) is 24.1. The summed E-state index contributed by atoms with van der Waals surface area (Å²) in [6.45, 7) is -0.699. The molecule has 1 amide bonds. The molecule has 2 N–H and O–H groups in total. The second-order valence-corrected chi connectivity index (χ2v) is 7.67. The molecule has 0 spiro atoms. The molecular formula is C24H15ClF4N2O4. The first-order valence-electron chi connectivity index (χ1n) is 10.0. The van der Waals surface area contributed by atoms with Crippen LogP contribution in [0.15, 0.2) is 64.1 Å². The van der Waals surface area contributed by atoms with E-state index in [-0.39, 0.29) is 29.0 Å². The average molecular weight is 507 g/mol. The van der Waals surface area contributed by atoms with Crippen molar-refractivity contribution in [3.8, 4) is 16.9 Å². The summed E-state index contributed by atoms with van der Waals surface area (Å²) in [7, 11) is 0. The van der Waals surface area contributed by atoms with Gasteiger partial charge in [0.2, 0.25) is 0 Å². The highest BCUT2D eigenvalue weighted by Crippen LogP contribution is 2.37. The molecule has 0 aliphatic carbocycles. The molecule has 0 radical (unpaired) electrons. The van der Waals surface area contributed by atoms with Crippen LogP contribution in [0.2, 0.25) is 5.02 Å². The Bertz CT molecular complexity index is 1430. The third-order valence-corrected chi connectivity index (χ3v) is 5.29. The van der Waals surface area contributed by atoms with Gasteiger partial charge in [0.15, 0.2) is 11.5 Å². The third-order valence-electron chi connectivity index (χ3n) is 4.95. The van der Waals surface area contributed by atoms with Gasteiger partial charge in [0.25, 0.3) is 11.5 Å². The molecule has 11 heteroatoms. The molecule has 2 heterocycles. The van der Waals surface area contributed by atoms with Crippen LogP contribution in [0.3, 0.4) is 0 Å². The summed E-state index contributed by atoms with van der Waals surface area (Å²) in [6.07, 6.45) is 2.31. The van der Waals surface area contributed by atoms with Crippen molar-refractivity contribution in [3.05, 3.63) is 110 Å². The van der Waals surface area contributed by atoms with Crippen molar-refractivity contribution in [1.29, 1.82) is 0 Å². The number of hydrogen-bond donors (Lipinski definition) is 2. The third kappa shape index (κ3) is 5.22. The molecule has 0 aliphatic rings. The summed E-state index contributed by atoms with van der Waals surface area (Å²) < 4.78 is 67.6. The van der Waals surface area contributed by atoms with Gasteiger partial charge in [0.05, 0.1) is 11.8 Å². The number of carbonyl (C=O) groups is 1. The highest BCUT2D eigenvalue weighted by atomic mass is 35.5. The number of pyridine rings is 1. The van der Waals surface area contributed by atoms with Crippen LogP contribution in [0.1, 0.15) is 21.7 Å². The van der Waals surface area contributed by atoms with E-state index in [0.29, 0.717) is 6.07 Å². The number of ether oxygens (including phenoxy) is 1. The summed E-state index contributed by atoms with van der Waals surface area (Å²) in [5.41, 5.74) is -1.58. The minimum atomic E-state index is -1.03. The lowest BCUT2D eigenvalue weighted by Gasteiger charge is -2.15. The Balaban J connectivity index is 1.63. The highest BCUT2D eigenvalue weighted by Gasteiger charge is 2.22. The summed E-state index contributed by atoms with van der Waals surface area (Å²) in [5, 5.41) is 1.95. The maximum absolute atomic E-state index is 15.0. The van der Waals surface area contributed by atoms with E-state index < -0.39 is 57.7 Å². The van der Waals surface area contributed by atoms with E-state index in [2.05, 4.69) is 10.3 Å². The zero-order chi connectivity index (χ0) is 25.1. The molecule has 2 aromatic carbocycles. The van der Waals surface area contributed by atoms with Crippen molar-refractivity contribution in [1.82, 2.24) is 10.3 Å². The number of nitrogens with one attached hydrogen (secondary N) is 2. The number of amides is 1. The first-order valence-corrected chi connectivity index (χ1v) is 10.4. The Morgan fingerprint density at radius 2 is 1.80 bits per heavy atom. The van der Waals surface area contributed by atoms with Crippen LogP contribution < -0.4 is 15.6 Å². The molecule has 0 saturated carbocycles. The predicted molar refractivity (Wildman–Crippen MR) is 118 cm³/mol. The van der Waals surface area contributed by atoms with E-state index in [0.717, 1.165) is 30.5 Å². The van der Waals surface area contributed by atoms with Crippen LogP contribution in [0.5, 0.6) is 5.75 Å². The Morgan fingerprint density at radius 1 is 1.06 bits per heavy atom. The molecule has 0 bridgehead atoms. The zero-order valence-corrected chi connectivity index (χ0v) is 18.4. The Labute approximate surface area is 200 Å². The van der Waals surface area contributed by atoms with Crippen molar-refractivity contribution in [2.75, 3.05) is 0 Å². The molecule has 35 heavy (non-hydrogen) atoms. The van der Waals surface area contributed by atoms with Gasteiger partial charge in [-0.1, -0.05) is 11.6 Å². The number of aromatic amines is 1. The molecule has 0 atom stereocenters. The average Bonchev–Trinajstić information content (AvgIpc) is 3.35. The number of furan rings is 1. The fraction of sp³-hybridized carbons (Fsp3) is 0.0833. The van der Waals surface area contributed by atoms with Crippen LogP contribution in [-0.4, -0.2) is 10.9 Å². The number of carbonyl (C=O) groups excluding carboxylic acids is 1. The van der Waals surface area contributed by atoms with Gasteiger partial charge in [0, 0.05) is 29.9 Å². The Hall–Kier alpha value is -4.05. The number of aromatic nitrogens is 1. The monoisotopic (exact) mass is 506 g/mol. The lowest BCUT2D eigenvalue weighted by Crippen LogP contribution is -2.22. The van der Waals surface area contributed by atoms with E-state index >= 15 is 8.78 Å². The summed E-state index contributed by atoms with van der Waals surface area (Å²) in [6, 6.07) is 7.69. The smallest absolute Gasteiger partial charge is 0.287 e. The van der Waals surface area contributed by atoms with E-state index in [9.17, 15) is 18.4 Å². The summed E-state index contributed by atoms with van der Waals surface area (Å²) >= 11 is 6.03. The van der Waals surface area contributed by atoms with Crippen molar-refractivity contribution in [2.45, 2.75) is 13.2 Å². The lowest BCUT2D eigenvalue weighted by atomic mass is 10.0. The van der Waals surface area contributed by atoms with Gasteiger partial charge in [-0.15, -0.1) is 0 Å². The highest BCUT2D eigenvalue weighted by molar-refractivity contribution is 6.32. The lowest BCUT2D eigenvalue weighted by molar-refractivity contribution is 0.0923. The SMILES string of the molecule is O=C(NCc1cc(F)c(-c2c[nH]c(=O)c(Cl)c2OCc2ccc(F)cc2F)c(F)c1)c1ccco1. The Morgan fingerprint density at radius 3 is 2.46 bits per heavy atom. The first-order chi connectivity index (χ1) is 16.7. The van der Waals surface area contributed by atoms with Crippen molar-refractivity contribution >= 4 is 17.5 Å². The maximum Gasteiger partial charge on any atom is 0.287 e. The van der Waals surface area contributed by atoms with Gasteiger partial charge < -0.3 is 19.5 Å². The van der Waals surface area contributed by atoms with Gasteiger partial charge >= 0.3 is 0 Å². The van der Waals surface area contributed by atoms with E-state index in [4.69, 9.17) is 20.8 Å². The summed E-state index contributed by atoms with van der Waals surface area (Å²) in [4.78, 5) is 26.2. The number of hydrogen-bond acceptors (Lipinski definition) is 4. The molecule has 180 valence electrons. The molecule has 0 saturated heterocycles. The molecule has 2 aromatic heterocycles. The van der Waals surface area contributed by atoms with E-state index in [1.54, 1.807) is 0 Å². The minimum absolute atomic E-state index is 0.0322. The van der Waals surface area contributed by atoms with Crippen molar-refractivity contribution in [2.24, 2.45) is 0 Å². The number of H-pyrrole nitrogens is 1. The molecule has 0 fully saturated rings. The van der Waals surface area contributed by atoms with Gasteiger partial charge in [-0.3, -0.25) is 9.59 Å². The minimum Gasteiger partial charge on any atom is -0.486 e.